The van der Waals surface area contributed by atoms with E-state index in [1.165, 1.54) is 0 Å². The molecule has 0 unspecified atom stereocenters. The van der Waals surface area contributed by atoms with Crippen LogP contribution in [-0.4, -0.2) is 41.9 Å². The molecule has 2 nitrogen and oxygen atoms in total. The molecule has 2 aromatic rings. The van der Waals surface area contributed by atoms with Crippen LogP contribution in [0, 0.1) is 4.43 Å². The summed E-state index contributed by atoms with van der Waals surface area (Å²) in [5.74, 6) is -0.375. The van der Waals surface area contributed by atoms with Gasteiger partial charge in [-0.2, -0.15) is 6.92 Å². The number of benzene rings is 2. The van der Waals surface area contributed by atoms with E-state index in [-0.39, 0.29) is 54.7 Å². The van der Waals surface area contributed by atoms with Gasteiger partial charge < -0.3 is 22.6 Å². The number of hydrogen-bond donors (Lipinski definition) is 0. The number of fused-ring (bicyclic) bond motifs is 1. The van der Waals surface area contributed by atoms with Crippen molar-refractivity contribution in [3.8, 4) is 0 Å². The van der Waals surface area contributed by atoms with E-state index in [0.717, 1.165) is 11.1 Å². The smallest absolute Gasteiger partial charge is 0.0626 e. The van der Waals surface area contributed by atoms with Crippen molar-refractivity contribution in [2.24, 2.45) is 0 Å². The van der Waals surface area contributed by atoms with E-state index in [2.05, 4.69) is 27.5 Å². The topological polar surface area (TPSA) is 6.48 Å². The van der Waals surface area contributed by atoms with Gasteiger partial charge in [0.25, 0.3) is 0 Å². The van der Waals surface area contributed by atoms with E-state index in [1.54, 1.807) is 11.0 Å². The maximum atomic E-state index is 8.47. The van der Waals surface area contributed by atoms with E-state index < -0.39 is 18.6 Å². The molecule has 1 aliphatic heterocycles. The molecule has 2 atom stereocenters. The Morgan fingerprint density at radius 3 is 2.52 bits per heavy atom. The third-order valence-corrected chi connectivity index (χ3v) is 5.72. The van der Waals surface area contributed by atoms with Crippen LogP contribution in [0.3, 0.4) is 0 Å². The minimum absolute atomic E-state index is 0. The molecule has 1 heterocycles. The van der Waals surface area contributed by atoms with Gasteiger partial charge in [0.2, 0.25) is 0 Å². The number of likely N-dealkylation sites (N-methyl/N-ethyl adjacent to an activating group) is 1. The van der Waals surface area contributed by atoms with Crippen LogP contribution in [-0.2, 0) is 18.6 Å². The largest absolute Gasteiger partial charge is 0.316 e. The summed E-state index contributed by atoms with van der Waals surface area (Å²) < 4.78 is 66.7. The van der Waals surface area contributed by atoms with Crippen LogP contribution < -0.4 is 0 Å². The molecular formula is C24H31ClIN2V-. The van der Waals surface area contributed by atoms with Crippen molar-refractivity contribution in [3.05, 3.63) is 74.6 Å². The van der Waals surface area contributed by atoms with Crippen LogP contribution in [0.5, 0.6) is 0 Å². The summed E-state index contributed by atoms with van der Waals surface area (Å²) in [5.41, 5.74) is 1.58. The molecule has 0 saturated carbocycles. The van der Waals surface area contributed by atoms with Gasteiger partial charge in [-0.3, -0.25) is 14.2 Å². The number of rotatable bonds is 2. The summed E-state index contributed by atoms with van der Waals surface area (Å²) in [7, 11) is 0. The molecule has 0 amide bonds. The molecule has 1 radical (unpaired) electrons. The monoisotopic (exact) mass is 568 g/mol. The summed E-state index contributed by atoms with van der Waals surface area (Å²) in [5, 5.41) is 0.570. The van der Waals surface area contributed by atoms with Crippen molar-refractivity contribution in [1.82, 2.24) is 9.80 Å². The maximum absolute atomic E-state index is 8.47. The quantitative estimate of drug-likeness (QED) is 0.300. The Hall–Kier alpha value is -0.0356. The number of hydrogen-bond acceptors (Lipinski definition) is 2. The molecule has 2 aromatic carbocycles. The van der Waals surface area contributed by atoms with Crippen molar-refractivity contribution >= 4 is 34.2 Å². The van der Waals surface area contributed by atoms with Gasteiger partial charge in [-0.15, -0.1) is 0 Å². The van der Waals surface area contributed by atoms with Crippen LogP contribution in [0.25, 0.3) is 0 Å². The van der Waals surface area contributed by atoms with E-state index >= 15 is 0 Å². The summed E-state index contributed by atoms with van der Waals surface area (Å²) in [6, 6.07) is 4.01. The average Bonchev–Trinajstić information content (AvgIpc) is 3.13. The summed E-state index contributed by atoms with van der Waals surface area (Å²) in [4.78, 5) is 3.80. The predicted molar refractivity (Wildman–Crippen MR) is 129 cm³/mol. The molecule has 0 spiro atoms. The van der Waals surface area contributed by atoms with Crippen molar-refractivity contribution in [2.45, 2.75) is 44.7 Å². The van der Waals surface area contributed by atoms with Crippen LogP contribution >= 0.6 is 34.2 Å². The fourth-order valence-corrected chi connectivity index (χ4v) is 4.32. The minimum atomic E-state index is -2.18. The molecule has 157 valence electrons. The first-order chi connectivity index (χ1) is 16.7. The predicted octanol–water partition coefficient (Wildman–Crippen LogP) is 6.54. The second-order valence-electron chi connectivity index (χ2n) is 7.77. The third-order valence-electron chi connectivity index (χ3n) is 5.48. The fraction of sp³-hybridized carbons (Fsp3) is 0.458. The molecule has 0 aromatic heterocycles. The van der Waals surface area contributed by atoms with Gasteiger partial charge in [-0.1, -0.05) is 47.9 Å². The SMILES string of the molecule is C[CH-]I.[2H]c1c([2H])c([2H])c([C@H]2C[C@H](N3CCN(C([2H])([2H])[2H])C(C)(C)C3)c3cc(Cl)ccc32)c([2H])c1[2H].[V]. The van der Waals surface area contributed by atoms with Crippen LogP contribution in [0.1, 0.15) is 66.8 Å². The third kappa shape index (κ3) is 5.81. The molecule has 29 heavy (non-hydrogen) atoms. The molecule has 4 rings (SSSR count). The first-order valence-corrected chi connectivity index (χ1v) is 11.0. The summed E-state index contributed by atoms with van der Waals surface area (Å²) in [6.07, 6.45) is 0.535. The maximum Gasteiger partial charge on any atom is 0.0626 e. The van der Waals surface area contributed by atoms with Gasteiger partial charge in [0.1, 0.15) is 0 Å². The first kappa shape index (κ1) is 15.7. The van der Waals surface area contributed by atoms with Gasteiger partial charge in [-0.05, 0) is 56.1 Å². The van der Waals surface area contributed by atoms with Crippen molar-refractivity contribution in [2.75, 3.05) is 26.6 Å². The summed E-state index contributed by atoms with van der Waals surface area (Å²) >= 11 is 8.50. The second kappa shape index (κ2) is 11.0. The Morgan fingerprint density at radius 2 is 1.90 bits per heavy atom. The van der Waals surface area contributed by atoms with E-state index in [1.807, 2.05) is 37.3 Å². The van der Waals surface area contributed by atoms with Crippen LogP contribution in [0.15, 0.2) is 48.4 Å². The normalized spacial score (nSPS) is 27.9. The Labute approximate surface area is 218 Å². The van der Waals surface area contributed by atoms with Crippen molar-refractivity contribution in [1.29, 1.82) is 0 Å². The van der Waals surface area contributed by atoms with Gasteiger partial charge in [0.15, 0.2) is 0 Å². The van der Waals surface area contributed by atoms with Crippen LogP contribution in [0.4, 0.5) is 0 Å². The molecular weight excluding hydrogens is 530 g/mol. The zero-order valence-electron chi connectivity index (χ0n) is 24.9. The average molecular weight is 569 g/mol. The summed E-state index contributed by atoms with van der Waals surface area (Å²) in [6.45, 7) is 5.11. The van der Waals surface area contributed by atoms with Gasteiger partial charge in [0, 0.05) is 64.8 Å². The van der Waals surface area contributed by atoms with Crippen LogP contribution in [0.2, 0.25) is 5.02 Å². The molecule has 0 bridgehead atoms. The molecule has 1 saturated heterocycles. The Morgan fingerprint density at radius 1 is 1.21 bits per heavy atom. The van der Waals surface area contributed by atoms with Gasteiger partial charge in [0.05, 0.1) is 6.85 Å². The standard InChI is InChI=1S/C22H27ClN2.C2H4I.V/c1-22(2)15-25(12-11-24(22)3)21-14-19(16-7-5-4-6-8-16)18-10-9-17(23)13-20(18)21;1-2-3;/h4-10,13,19,21H,11-12,14-15H2,1-3H3;2H,1H3;/q;-1;/t19-,21+;;/m1../s1/i3D3,4D,5D,6D,7D,8D;;. The Kier molecular flexibility index (Phi) is 5.97. The Balaban J connectivity index is 0.00000115. The van der Waals surface area contributed by atoms with E-state index in [9.17, 15) is 0 Å². The molecule has 2 aliphatic rings. The number of nitrogens with zero attached hydrogens (tertiary/aromatic N) is 2. The fourth-order valence-electron chi connectivity index (χ4n) is 4.14. The van der Waals surface area contributed by atoms with Gasteiger partial charge >= 0.3 is 0 Å². The van der Waals surface area contributed by atoms with E-state index in [4.69, 9.17) is 22.6 Å². The van der Waals surface area contributed by atoms with Gasteiger partial charge in [-0.25, -0.2) is 0 Å². The zero-order valence-corrected chi connectivity index (χ0v) is 21.2. The van der Waals surface area contributed by atoms with Crippen molar-refractivity contribution < 1.29 is 29.5 Å². The minimum Gasteiger partial charge on any atom is -0.316 e. The zero-order chi connectivity index (χ0) is 27.2. The van der Waals surface area contributed by atoms with Crippen molar-refractivity contribution in [3.63, 3.8) is 0 Å². The molecule has 1 fully saturated rings. The Bertz CT molecular complexity index is 1100. The molecule has 0 N–H and O–H groups in total. The molecule has 5 heteroatoms. The first-order valence-electron chi connectivity index (χ1n) is 13.4. The second-order valence-corrected chi connectivity index (χ2v) is 9.45. The van der Waals surface area contributed by atoms with E-state index in [0.29, 0.717) is 36.6 Å². The molecule has 1 aliphatic carbocycles. The number of halogens is 2. The number of piperazine rings is 1.